The van der Waals surface area contributed by atoms with Crippen LogP contribution in [0.5, 0.6) is 0 Å². The van der Waals surface area contributed by atoms with Gasteiger partial charge >= 0.3 is 12.1 Å². The van der Waals surface area contributed by atoms with E-state index in [2.05, 4.69) is 10.3 Å². The first-order valence-electron chi connectivity index (χ1n) is 8.45. The molecular formula is C19H24N2O5. The number of hydrogen-bond donors (Lipinski definition) is 1. The predicted molar refractivity (Wildman–Crippen MR) is 94.6 cm³/mol. The summed E-state index contributed by atoms with van der Waals surface area (Å²) in [4.78, 5) is 27.7. The van der Waals surface area contributed by atoms with E-state index in [4.69, 9.17) is 13.9 Å². The van der Waals surface area contributed by atoms with Gasteiger partial charge < -0.3 is 19.2 Å². The third-order valence-electron chi connectivity index (χ3n) is 3.30. The van der Waals surface area contributed by atoms with Gasteiger partial charge in [0, 0.05) is 13.0 Å². The summed E-state index contributed by atoms with van der Waals surface area (Å²) in [7, 11) is 0. The van der Waals surface area contributed by atoms with Crippen LogP contribution < -0.4 is 5.32 Å². The fourth-order valence-corrected chi connectivity index (χ4v) is 2.16. The maximum Gasteiger partial charge on any atom is 0.407 e. The van der Waals surface area contributed by atoms with Crippen LogP contribution in [0, 0.1) is 0 Å². The molecule has 1 amide bonds. The molecule has 26 heavy (non-hydrogen) atoms. The smallest absolute Gasteiger partial charge is 0.407 e. The van der Waals surface area contributed by atoms with E-state index >= 15 is 0 Å². The SMILES string of the molecule is CC(C)(C)OC(=O)NCCCc1ocnc1C(=O)OCc1ccccc1. The highest BCUT2D eigenvalue weighted by molar-refractivity contribution is 5.88. The molecule has 140 valence electrons. The Bertz CT molecular complexity index is 719. The second kappa shape index (κ2) is 9.03. The van der Waals surface area contributed by atoms with E-state index in [0.29, 0.717) is 25.1 Å². The summed E-state index contributed by atoms with van der Waals surface area (Å²) < 4.78 is 15.7. The van der Waals surface area contributed by atoms with Crippen LogP contribution in [0.3, 0.4) is 0 Å². The molecule has 0 aliphatic carbocycles. The summed E-state index contributed by atoms with van der Waals surface area (Å²) in [5, 5.41) is 2.66. The molecule has 7 nitrogen and oxygen atoms in total. The van der Waals surface area contributed by atoms with Gasteiger partial charge in [0.05, 0.1) is 0 Å². The minimum absolute atomic E-state index is 0.165. The van der Waals surface area contributed by atoms with Crippen LogP contribution in [0.2, 0.25) is 0 Å². The van der Waals surface area contributed by atoms with Crippen molar-refractivity contribution in [1.82, 2.24) is 10.3 Å². The van der Waals surface area contributed by atoms with E-state index in [9.17, 15) is 9.59 Å². The van der Waals surface area contributed by atoms with Gasteiger partial charge in [-0.1, -0.05) is 30.3 Å². The fraction of sp³-hybridized carbons (Fsp3) is 0.421. The van der Waals surface area contributed by atoms with E-state index in [1.165, 1.54) is 6.39 Å². The minimum Gasteiger partial charge on any atom is -0.456 e. The number of aromatic nitrogens is 1. The molecule has 1 heterocycles. The van der Waals surface area contributed by atoms with Gasteiger partial charge in [0.1, 0.15) is 18.0 Å². The number of oxazole rings is 1. The Morgan fingerprint density at radius 3 is 2.62 bits per heavy atom. The normalized spacial score (nSPS) is 11.0. The Morgan fingerprint density at radius 2 is 1.92 bits per heavy atom. The zero-order chi connectivity index (χ0) is 19.0. The Labute approximate surface area is 152 Å². The van der Waals surface area contributed by atoms with Crippen LogP contribution in [0.1, 0.15) is 49.0 Å². The molecular weight excluding hydrogens is 336 g/mol. The van der Waals surface area contributed by atoms with Gasteiger partial charge in [-0.3, -0.25) is 0 Å². The lowest BCUT2D eigenvalue weighted by atomic mass is 10.2. The molecule has 2 rings (SSSR count). The molecule has 0 saturated carbocycles. The number of nitrogens with zero attached hydrogens (tertiary/aromatic N) is 1. The fourth-order valence-electron chi connectivity index (χ4n) is 2.16. The van der Waals surface area contributed by atoms with Crippen LogP contribution >= 0.6 is 0 Å². The first-order valence-corrected chi connectivity index (χ1v) is 8.45. The lowest BCUT2D eigenvalue weighted by Crippen LogP contribution is -2.33. The van der Waals surface area contributed by atoms with Crippen LogP contribution in [0.4, 0.5) is 4.79 Å². The first kappa shape index (κ1) is 19.5. The van der Waals surface area contributed by atoms with E-state index in [1.807, 2.05) is 30.3 Å². The molecule has 1 aromatic heterocycles. The molecule has 0 atom stereocenters. The molecule has 0 fully saturated rings. The lowest BCUT2D eigenvalue weighted by molar-refractivity contribution is 0.0461. The third kappa shape index (κ3) is 6.58. The minimum atomic E-state index is -0.537. The third-order valence-corrected chi connectivity index (χ3v) is 3.30. The number of amides is 1. The van der Waals surface area contributed by atoms with E-state index < -0.39 is 17.7 Å². The molecule has 0 spiro atoms. The average Bonchev–Trinajstić information content (AvgIpc) is 3.04. The molecule has 0 aliphatic rings. The highest BCUT2D eigenvalue weighted by atomic mass is 16.6. The van der Waals surface area contributed by atoms with Crippen molar-refractivity contribution in [2.24, 2.45) is 0 Å². The number of benzene rings is 1. The standard InChI is InChI=1S/C19H24N2O5/c1-19(2,3)26-18(23)20-11-7-10-15-16(21-13-25-15)17(22)24-12-14-8-5-4-6-9-14/h4-6,8-9,13H,7,10-12H2,1-3H3,(H,20,23). The van der Waals surface area contributed by atoms with Crippen molar-refractivity contribution in [2.75, 3.05) is 6.54 Å². The van der Waals surface area contributed by atoms with Gasteiger partial charge in [-0.05, 0) is 32.8 Å². The molecule has 0 radical (unpaired) electrons. The van der Waals surface area contributed by atoms with Crippen LogP contribution in [-0.2, 0) is 22.5 Å². The summed E-state index contributed by atoms with van der Waals surface area (Å²) in [6.07, 6.45) is 1.77. The van der Waals surface area contributed by atoms with Crippen LogP contribution in [0.15, 0.2) is 41.1 Å². The largest absolute Gasteiger partial charge is 0.456 e. The van der Waals surface area contributed by atoms with Gasteiger partial charge in [0.25, 0.3) is 0 Å². The van der Waals surface area contributed by atoms with Gasteiger partial charge in [0.2, 0.25) is 0 Å². The van der Waals surface area contributed by atoms with Crippen molar-refractivity contribution < 1.29 is 23.5 Å². The number of carbonyl (C=O) groups is 2. The Balaban J connectivity index is 1.77. The summed E-state index contributed by atoms with van der Waals surface area (Å²) >= 11 is 0. The number of aryl methyl sites for hydroxylation is 1. The highest BCUT2D eigenvalue weighted by Gasteiger charge is 2.19. The number of alkyl carbamates (subject to hydrolysis) is 1. The van der Waals surface area contributed by atoms with Gasteiger partial charge in [-0.2, -0.15) is 0 Å². The maximum atomic E-state index is 12.2. The van der Waals surface area contributed by atoms with Crippen molar-refractivity contribution in [3.05, 3.63) is 53.7 Å². The van der Waals surface area contributed by atoms with Crippen molar-refractivity contribution in [1.29, 1.82) is 0 Å². The molecule has 0 unspecified atom stereocenters. The zero-order valence-corrected chi connectivity index (χ0v) is 15.3. The van der Waals surface area contributed by atoms with Crippen molar-refractivity contribution in [3.63, 3.8) is 0 Å². The Kier molecular flexibility index (Phi) is 6.77. The van der Waals surface area contributed by atoms with Gasteiger partial charge in [0.15, 0.2) is 12.1 Å². The molecule has 0 saturated heterocycles. The Hall–Kier alpha value is -2.83. The molecule has 2 aromatic rings. The van der Waals surface area contributed by atoms with Gasteiger partial charge in [-0.15, -0.1) is 0 Å². The topological polar surface area (TPSA) is 90.7 Å². The summed E-state index contributed by atoms with van der Waals surface area (Å²) in [5.41, 5.74) is 0.524. The van der Waals surface area contributed by atoms with Crippen LogP contribution in [-0.4, -0.2) is 29.2 Å². The van der Waals surface area contributed by atoms with Crippen molar-refractivity contribution in [3.8, 4) is 0 Å². The summed E-state index contributed by atoms with van der Waals surface area (Å²) in [6.45, 7) is 5.97. The number of nitrogens with one attached hydrogen (secondary N) is 1. The van der Waals surface area contributed by atoms with E-state index in [-0.39, 0.29) is 12.3 Å². The second-order valence-corrected chi connectivity index (χ2v) is 6.72. The molecule has 1 N–H and O–H groups in total. The van der Waals surface area contributed by atoms with Crippen molar-refractivity contribution >= 4 is 12.1 Å². The number of rotatable bonds is 7. The number of ether oxygens (including phenoxy) is 2. The molecule has 0 bridgehead atoms. The lowest BCUT2D eigenvalue weighted by Gasteiger charge is -2.19. The molecule has 1 aromatic carbocycles. The number of carbonyl (C=O) groups excluding carboxylic acids is 2. The van der Waals surface area contributed by atoms with Crippen molar-refractivity contribution in [2.45, 2.75) is 45.8 Å². The quantitative estimate of drug-likeness (QED) is 0.600. The second-order valence-electron chi connectivity index (χ2n) is 6.72. The molecule has 7 heteroatoms. The van der Waals surface area contributed by atoms with E-state index in [1.54, 1.807) is 20.8 Å². The number of hydrogen-bond acceptors (Lipinski definition) is 6. The average molecular weight is 360 g/mol. The summed E-state index contributed by atoms with van der Waals surface area (Å²) in [6, 6.07) is 9.40. The van der Waals surface area contributed by atoms with Crippen LogP contribution in [0.25, 0.3) is 0 Å². The summed E-state index contributed by atoms with van der Waals surface area (Å²) in [5.74, 6) is -0.0910. The predicted octanol–water partition coefficient (Wildman–Crippen LogP) is 3.49. The molecule has 0 aliphatic heterocycles. The maximum absolute atomic E-state index is 12.2. The monoisotopic (exact) mass is 360 g/mol. The first-order chi connectivity index (χ1) is 12.3. The number of esters is 1. The van der Waals surface area contributed by atoms with Gasteiger partial charge in [-0.25, -0.2) is 14.6 Å². The van der Waals surface area contributed by atoms with E-state index in [0.717, 1.165) is 5.56 Å². The highest BCUT2D eigenvalue weighted by Crippen LogP contribution is 2.12. The Morgan fingerprint density at radius 1 is 1.19 bits per heavy atom. The zero-order valence-electron chi connectivity index (χ0n) is 15.3.